The summed E-state index contributed by atoms with van der Waals surface area (Å²) in [4.78, 5) is 30.7. The van der Waals surface area contributed by atoms with Crippen molar-refractivity contribution in [2.24, 2.45) is 0 Å². The van der Waals surface area contributed by atoms with Crippen LogP contribution in [0.4, 0.5) is 24.7 Å². The van der Waals surface area contributed by atoms with Gasteiger partial charge in [0, 0.05) is 23.0 Å². The molecule has 0 atom stereocenters. The van der Waals surface area contributed by atoms with Crippen LogP contribution < -0.4 is 21.1 Å². The standard InChI is InChI=1S/C24H26F3N5O3/c1-14-7-8-19-16(11-14)17(13-32-9-2-3-10-32)22(30-19)31-20(33)12-29-23(34)15-5-4-6-18(28)21(15)35-24(25,26)27/h4-8,11,30H,2-3,9-10,12-13,28H2,1H3,(H,29,34)(H,31,33). The van der Waals surface area contributed by atoms with Gasteiger partial charge in [-0.25, -0.2) is 0 Å². The molecule has 0 saturated carbocycles. The minimum atomic E-state index is -5.03. The molecule has 11 heteroatoms. The van der Waals surface area contributed by atoms with Crippen LogP contribution in [0.15, 0.2) is 36.4 Å². The summed E-state index contributed by atoms with van der Waals surface area (Å²) in [6, 6.07) is 9.61. The second kappa shape index (κ2) is 9.87. The number of para-hydroxylation sites is 1. The Morgan fingerprint density at radius 1 is 1.17 bits per heavy atom. The Morgan fingerprint density at radius 2 is 1.91 bits per heavy atom. The Hall–Kier alpha value is -3.73. The first-order valence-corrected chi connectivity index (χ1v) is 11.2. The summed E-state index contributed by atoms with van der Waals surface area (Å²) in [5.74, 6) is -1.73. The molecule has 186 valence electrons. The SMILES string of the molecule is Cc1ccc2[nH]c(NC(=O)CNC(=O)c3cccc(N)c3OC(F)(F)F)c(CN3CCCC3)c2c1. The lowest BCUT2D eigenvalue weighted by Crippen LogP contribution is -2.34. The van der Waals surface area contributed by atoms with Crippen molar-refractivity contribution >= 4 is 34.2 Å². The molecule has 1 aliphatic heterocycles. The van der Waals surface area contributed by atoms with Crippen LogP contribution in [0.3, 0.4) is 0 Å². The fourth-order valence-electron chi connectivity index (χ4n) is 4.20. The highest BCUT2D eigenvalue weighted by Crippen LogP contribution is 2.32. The summed E-state index contributed by atoms with van der Waals surface area (Å²) >= 11 is 0. The summed E-state index contributed by atoms with van der Waals surface area (Å²) in [6.07, 6.45) is -2.78. The number of halogens is 3. The number of aryl methyl sites for hydroxylation is 1. The van der Waals surface area contributed by atoms with Crippen LogP contribution in [0.1, 0.15) is 34.3 Å². The Balaban J connectivity index is 1.48. The molecule has 0 radical (unpaired) electrons. The number of carbonyl (C=O) groups excluding carboxylic acids is 2. The number of aromatic nitrogens is 1. The van der Waals surface area contributed by atoms with Crippen molar-refractivity contribution in [2.75, 3.05) is 30.7 Å². The Morgan fingerprint density at radius 3 is 2.63 bits per heavy atom. The molecule has 2 aromatic carbocycles. The van der Waals surface area contributed by atoms with Gasteiger partial charge in [0.05, 0.1) is 17.8 Å². The van der Waals surface area contributed by atoms with E-state index < -0.39 is 36.0 Å². The molecule has 1 fully saturated rings. The van der Waals surface area contributed by atoms with Gasteiger partial charge >= 0.3 is 6.36 Å². The molecule has 3 aromatic rings. The lowest BCUT2D eigenvalue weighted by Gasteiger charge is -2.16. The minimum absolute atomic E-state index is 0.348. The molecule has 2 amide bonds. The molecule has 2 heterocycles. The maximum absolute atomic E-state index is 12.7. The molecule has 5 N–H and O–H groups in total. The van der Waals surface area contributed by atoms with Crippen molar-refractivity contribution in [1.82, 2.24) is 15.2 Å². The number of benzene rings is 2. The smallest absolute Gasteiger partial charge is 0.403 e. The number of H-pyrrole nitrogens is 1. The van der Waals surface area contributed by atoms with Gasteiger partial charge in [-0.2, -0.15) is 0 Å². The first-order chi connectivity index (χ1) is 16.6. The molecule has 0 aliphatic carbocycles. The number of amides is 2. The number of aromatic amines is 1. The summed E-state index contributed by atoms with van der Waals surface area (Å²) in [6.45, 7) is 4.14. The zero-order valence-corrected chi connectivity index (χ0v) is 19.1. The largest absolute Gasteiger partial charge is 0.573 e. The number of hydrogen-bond donors (Lipinski definition) is 4. The minimum Gasteiger partial charge on any atom is -0.403 e. The van der Waals surface area contributed by atoms with Gasteiger partial charge in [-0.15, -0.1) is 13.2 Å². The number of nitrogens with one attached hydrogen (secondary N) is 3. The third-order valence-electron chi connectivity index (χ3n) is 5.82. The van der Waals surface area contributed by atoms with Crippen LogP contribution >= 0.6 is 0 Å². The van der Waals surface area contributed by atoms with Crippen molar-refractivity contribution in [3.8, 4) is 5.75 Å². The van der Waals surface area contributed by atoms with Gasteiger partial charge < -0.3 is 26.1 Å². The number of nitrogens with zero attached hydrogens (tertiary/aromatic N) is 1. The summed E-state index contributed by atoms with van der Waals surface area (Å²) in [5.41, 5.74) is 7.70. The van der Waals surface area contributed by atoms with Crippen molar-refractivity contribution in [2.45, 2.75) is 32.7 Å². The quantitative estimate of drug-likeness (QED) is 0.376. The van der Waals surface area contributed by atoms with E-state index in [1.807, 2.05) is 19.1 Å². The van der Waals surface area contributed by atoms with Gasteiger partial charge in [-0.1, -0.05) is 17.7 Å². The van der Waals surface area contributed by atoms with E-state index in [0.29, 0.717) is 12.4 Å². The van der Waals surface area contributed by atoms with E-state index in [1.54, 1.807) is 0 Å². The summed E-state index contributed by atoms with van der Waals surface area (Å²) < 4.78 is 42.1. The number of ether oxygens (including phenoxy) is 1. The number of fused-ring (bicyclic) bond motifs is 1. The summed E-state index contributed by atoms with van der Waals surface area (Å²) in [5, 5.41) is 6.13. The van der Waals surface area contributed by atoms with E-state index in [-0.39, 0.29) is 5.69 Å². The van der Waals surface area contributed by atoms with E-state index in [9.17, 15) is 22.8 Å². The highest BCUT2D eigenvalue weighted by atomic mass is 19.4. The van der Waals surface area contributed by atoms with Gasteiger partial charge in [0.15, 0.2) is 5.75 Å². The second-order valence-corrected chi connectivity index (χ2v) is 8.51. The Labute approximate surface area is 199 Å². The zero-order chi connectivity index (χ0) is 25.2. The fraction of sp³-hybridized carbons (Fsp3) is 0.333. The molecule has 1 aromatic heterocycles. The maximum Gasteiger partial charge on any atom is 0.573 e. The van der Waals surface area contributed by atoms with Gasteiger partial charge in [0.1, 0.15) is 5.82 Å². The molecular formula is C24H26F3N5O3. The van der Waals surface area contributed by atoms with Crippen LogP contribution in [0.2, 0.25) is 0 Å². The second-order valence-electron chi connectivity index (χ2n) is 8.51. The zero-order valence-electron chi connectivity index (χ0n) is 19.1. The fourth-order valence-corrected chi connectivity index (χ4v) is 4.20. The van der Waals surface area contributed by atoms with Gasteiger partial charge in [0.2, 0.25) is 5.91 Å². The molecule has 4 rings (SSSR count). The molecule has 8 nitrogen and oxygen atoms in total. The first-order valence-electron chi connectivity index (χ1n) is 11.2. The van der Waals surface area contributed by atoms with E-state index in [4.69, 9.17) is 5.73 Å². The third-order valence-corrected chi connectivity index (χ3v) is 5.82. The Kier molecular flexibility index (Phi) is 6.88. The van der Waals surface area contributed by atoms with Crippen molar-refractivity contribution in [3.05, 3.63) is 53.1 Å². The predicted octanol–water partition coefficient (Wildman–Crippen LogP) is 3.92. The van der Waals surface area contributed by atoms with Crippen LogP contribution in [0, 0.1) is 6.92 Å². The molecule has 35 heavy (non-hydrogen) atoms. The number of hydrogen-bond acceptors (Lipinski definition) is 5. The number of nitrogen functional groups attached to an aromatic ring is 1. The Bertz CT molecular complexity index is 1250. The number of alkyl halides is 3. The van der Waals surface area contributed by atoms with Gasteiger partial charge in [-0.3, -0.25) is 14.5 Å². The van der Waals surface area contributed by atoms with Crippen LogP contribution in [-0.4, -0.2) is 47.7 Å². The lowest BCUT2D eigenvalue weighted by atomic mass is 10.1. The molecule has 0 bridgehead atoms. The monoisotopic (exact) mass is 489 g/mol. The maximum atomic E-state index is 12.7. The first kappa shape index (κ1) is 24.4. The molecule has 1 saturated heterocycles. The lowest BCUT2D eigenvalue weighted by molar-refractivity contribution is -0.274. The molecule has 1 aliphatic rings. The highest BCUT2D eigenvalue weighted by molar-refractivity contribution is 6.03. The number of nitrogens with two attached hydrogens (primary N) is 1. The normalized spacial score (nSPS) is 14.3. The predicted molar refractivity (Wildman–Crippen MR) is 126 cm³/mol. The average Bonchev–Trinajstić information content (AvgIpc) is 3.41. The molecular weight excluding hydrogens is 463 g/mol. The van der Waals surface area contributed by atoms with Gasteiger partial charge in [-0.05, 0) is 57.1 Å². The number of likely N-dealkylation sites (tertiary alicyclic amines) is 1. The van der Waals surface area contributed by atoms with E-state index >= 15 is 0 Å². The average molecular weight is 489 g/mol. The van der Waals surface area contributed by atoms with E-state index in [0.717, 1.165) is 54.0 Å². The molecule has 0 unspecified atom stereocenters. The van der Waals surface area contributed by atoms with Crippen molar-refractivity contribution in [3.63, 3.8) is 0 Å². The van der Waals surface area contributed by atoms with Crippen LogP contribution in [-0.2, 0) is 11.3 Å². The number of rotatable bonds is 7. The van der Waals surface area contributed by atoms with Crippen molar-refractivity contribution in [1.29, 1.82) is 0 Å². The van der Waals surface area contributed by atoms with Crippen LogP contribution in [0.25, 0.3) is 10.9 Å². The topological polar surface area (TPSA) is 112 Å². The third kappa shape index (κ3) is 5.86. The van der Waals surface area contributed by atoms with Crippen molar-refractivity contribution < 1.29 is 27.5 Å². The summed E-state index contributed by atoms with van der Waals surface area (Å²) in [7, 11) is 0. The highest BCUT2D eigenvalue weighted by Gasteiger charge is 2.34. The number of carbonyl (C=O) groups is 2. The van der Waals surface area contributed by atoms with E-state index in [1.165, 1.54) is 12.1 Å². The van der Waals surface area contributed by atoms with Gasteiger partial charge in [0.25, 0.3) is 5.91 Å². The van der Waals surface area contributed by atoms with Crippen LogP contribution in [0.5, 0.6) is 5.75 Å². The number of anilines is 2. The van der Waals surface area contributed by atoms with E-state index in [2.05, 4.69) is 31.3 Å². The molecule has 0 spiro atoms.